The van der Waals surface area contributed by atoms with Crippen LogP contribution in [0.15, 0.2) is 24.4 Å². The highest BCUT2D eigenvalue weighted by Gasteiger charge is 2.35. The number of hydrogen-bond donors (Lipinski definition) is 2. The Balaban J connectivity index is 1.80. The summed E-state index contributed by atoms with van der Waals surface area (Å²) in [5, 5.41) is 19.7. The summed E-state index contributed by atoms with van der Waals surface area (Å²) in [6.07, 6.45) is 3.24. The summed E-state index contributed by atoms with van der Waals surface area (Å²) in [5.74, 6) is 0. The van der Waals surface area contributed by atoms with E-state index in [4.69, 9.17) is 4.74 Å². The van der Waals surface area contributed by atoms with Crippen LogP contribution in [0.2, 0.25) is 0 Å². The second-order valence-electron chi connectivity index (χ2n) is 5.82. The third-order valence-electron chi connectivity index (χ3n) is 4.49. The lowest BCUT2D eigenvalue weighted by Crippen LogP contribution is -2.49. The molecule has 1 aliphatic rings. The monoisotopic (exact) mass is 289 g/mol. The Hall–Kier alpha value is -1.59. The number of rotatable bonds is 4. The highest BCUT2D eigenvalue weighted by molar-refractivity contribution is 5.82. The Morgan fingerprint density at radius 1 is 1.43 bits per heavy atom. The minimum Gasteiger partial charge on any atom is -0.388 e. The zero-order valence-corrected chi connectivity index (χ0v) is 12.7. The Morgan fingerprint density at radius 2 is 2.19 bits per heavy atom. The minimum atomic E-state index is -0.696. The molecule has 1 aliphatic heterocycles. The van der Waals surface area contributed by atoms with E-state index in [0.717, 1.165) is 23.1 Å². The average molecular weight is 289 g/mol. The highest BCUT2D eigenvalue weighted by Crippen LogP contribution is 2.27. The SMILES string of the molecule is CCn1ncc2ccc(NC(C)C3(O)CCOCC3)cc21. The van der Waals surface area contributed by atoms with Gasteiger partial charge in [-0.05, 0) is 32.0 Å². The van der Waals surface area contributed by atoms with Crippen molar-refractivity contribution in [2.45, 2.75) is 44.9 Å². The molecule has 5 nitrogen and oxygen atoms in total. The quantitative estimate of drug-likeness (QED) is 0.907. The molecule has 1 aromatic heterocycles. The average Bonchev–Trinajstić information content (AvgIpc) is 2.90. The normalized spacial score (nSPS) is 19.6. The van der Waals surface area contributed by atoms with Gasteiger partial charge in [0.1, 0.15) is 0 Å². The molecule has 114 valence electrons. The summed E-state index contributed by atoms with van der Waals surface area (Å²) in [5.41, 5.74) is 1.44. The van der Waals surface area contributed by atoms with Gasteiger partial charge >= 0.3 is 0 Å². The van der Waals surface area contributed by atoms with Crippen molar-refractivity contribution < 1.29 is 9.84 Å². The van der Waals surface area contributed by atoms with E-state index >= 15 is 0 Å². The van der Waals surface area contributed by atoms with Crippen LogP contribution < -0.4 is 5.32 Å². The topological polar surface area (TPSA) is 59.3 Å². The molecule has 1 atom stereocenters. The van der Waals surface area contributed by atoms with E-state index in [1.807, 2.05) is 23.9 Å². The highest BCUT2D eigenvalue weighted by atomic mass is 16.5. The van der Waals surface area contributed by atoms with Crippen LogP contribution in [0.1, 0.15) is 26.7 Å². The molecule has 0 bridgehead atoms. The van der Waals surface area contributed by atoms with Gasteiger partial charge in [-0.1, -0.05) is 0 Å². The number of fused-ring (bicyclic) bond motifs is 1. The number of ether oxygens (including phenoxy) is 1. The lowest BCUT2D eigenvalue weighted by molar-refractivity contribution is -0.0711. The molecule has 1 aromatic carbocycles. The van der Waals surface area contributed by atoms with Gasteiger partial charge in [-0.3, -0.25) is 4.68 Å². The van der Waals surface area contributed by atoms with Gasteiger partial charge in [0.2, 0.25) is 0 Å². The van der Waals surface area contributed by atoms with E-state index in [-0.39, 0.29) is 6.04 Å². The van der Waals surface area contributed by atoms with Crippen LogP contribution in [0.25, 0.3) is 10.9 Å². The summed E-state index contributed by atoms with van der Waals surface area (Å²) < 4.78 is 7.32. The molecule has 1 saturated heterocycles. The van der Waals surface area contributed by atoms with Gasteiger partial charge < -0.3 is 15.2 Å². The first kappa shape index (κ1) is 14.4. The number of aromatic nitrogens is 2. The van der Waals surface area contributed by atoms with Gasteiger partial charge in [-0.15, -0.1) is 0 Å². The van der Waals surface area contributed by atoms with E-state index in [2.05, 4.69) is 29.5 Å². The third-order valence-corrected chi connectivity index (χ3v) is 4.49. The van der Waals surface area contributed by atoms with Gasteiger partial charge in [-0.2, -0.15) is 5.10 Å². The van der Waals surface area contributed by atoms with Crippen molar-refractivity contribution in [2.75, 3.05) is 18.5 Å². The maximum Gasteiger partial charge on any atom is 0.0888 e. The van der Waals surface area contributed by atoms with Gasteiger partial charge in [0, 0.05) is 43.7 Å². The summed E-state index contributed by atoms with van der Waals surface area (Å²) in [6.45, 7) is 6.23. The zero-order chi connectivity index (χ0) is 14.9. The number of benzene rings is 1. The molecule has 0 aliphatic carbocycles. The molecule has 2 aromatic rings. The summed E-state index contributed by atoms with van der Waals surface area (Å²) >= 11 is 0. The second-order valence-corrected chi connectivity index (χ2v) is 5.82. The van der Waals surface area contributed by atoms with Crippen LogP contribution in [0.3, 0.4) is 0 Å². The Bertz CT molecular complexity index is 617. The van der Waals surface area contributed by atoms with Crippen molar-refractivity contribution in [2.24, 2.45) is 0 Å². The number of anilines is 1. The molecule has 5 heteroatoms. The second kappa shape index (κ2) is 5.66. The maximum atomic E-state index is 10.7. The van der Waals surface area contributed by atoms with Gasteiger partial charge in [0.25, 0.3) is 0 Å². The number of nitrogens with one attached hydrogen (secondary N) is 1. The van der Waals surface area contributed by atoms with Gasteiger partial charge in [0.15, 0.2) is 0 Å². The molecule has 1 fully saturated rings. The summed E-state index contributed by atoms with van der Waals surface area (Å²) in [6, 6.07) is 6.20. The standard InChI is InChI=1S/C16H23N3O2/c1-3-19-15-10-14(5-4-13(15)11-17-19)18-12(2)16(20)6-8-21-9-7-16/h4-5,10-12,18,20H,3,6-9H2,1-2H3. The Labute approximate surface area is 124 Å². The lowest BCUT2D eigenvalue weighted by Gasteiger charge is -2.38. The smallest absolute Gasteiger partial charge is 0.0888 e. The largest absolute Gasteiger partial charge is 0.388 e. The lowest BCUT2D eigenvalue weighted by atomic mass is 9.87. The zero-order valence-electron chi connectivity index (χ0n) is 12.7. The van der Waals surface area contributed by atoms with Gasteiger partial charge in [-0.25, -0.2) is 0 Å². The summed E-state index contributed by atoms with van der Waals surface area (Å²) in [7, 11) is 0. The van der Waals surface area contributed by atoms with Crippen LogP contribution >= 0.6 is 0 Å². The Morgan fingerprint density at radius 3 is 2.90 bits per heavy atom. The molecular formula is C16H23N3O2. The van der Waals surface area contributed by atoms with Crippen molar-refractivity contribution in [3.8, 4) is 0 Å². The molecule has 2 N–H and O–H groups in total. The van der Waals surface area contributed by atoms with Crippen LogP contribution in [0.4, 0.5) is 5.69 Å². The fraction of sp³-hybridized carbons (Fsp3) is 0.562. The van der Waals surface area contributed by atoms with Crippen molar-refractivity contribution in [1.29, 1.82) is 0 Å². The molecule has 2 heterocycles. The first-order chi connectivity index (χ1) is 10.1. The summed E-state index contributed by atoms with van der Waals surface area (Å²) in [4.78, 5) is 0. The molecule has 0 saturated carbocycles. The van der Waals surface area contributed by atoms with Crippen molar-refractivity contribution in [3.05, 3.63) is 24.4 Å². The Kier molecular flexibility index (Phi) is 3.87. The number of aliphatic hydroxyl groups is 1. The van der Waals surface area contributed by atoms with E-state index < -0.39 is 5.60 Å². The van der Waals surface area contributed by atoms with E-state index in [1.54, 1.807) is 0 Å². The van der Waals surface area contributed by atoms with Crippen LogP contribution in [-0.2, 0) is 11.3 Å². The fourth-order valence-electron chi connectivity index (χ4n) is 2.95. The minimum absolute atomic E-state index is 0.0168. The van der Waals surface area contributed by atoms with Crippen molar-refractivity contribution >= 4 is 16.6 Å². The molecule has 0 radical (unpaired) electrons. The first-order valence-electron chi connectivity index (χ1n) is 7.64. The first-order valence-corrected chi connectivity index (χ1v) is 7.64. The van der Waals surface area contributed by atoms with E-state index in [9.17, 15) is 5.11 Å². The van der Waals surface area contributed by atoms with E-state index in [0.29, 0.717) is 26.1 Å². The molecular weight excluding hydrogens is 266 g/mol. The van der Waals surface area contributed by atoms with Crippen LogP contribution in [0.5, 0.6) is 0 Å². The number of hydrogen-bond acceptors (Lipinski definition) is 4. The van der Waals surface area contributed by atoms with Crippen LogP contribution in [-0.4, -0.2) is 39.7 Å². The van der Waals surface area contributed by atoms with Crippen LogP contribution in [0, 0.1) is 0 Å². The molecule has 3 rings (SSSR count). The third kappa shape index (κ3) is 2.76. The maximum absolute atomic E-state index is 10.7. The fourth-order valence-corrected chi connectivity index (χ4v) is 2.95. The molecule has 1 unspecified atom stereocenters. The molecule has 0 spiro atoms. The van der Waals surface area contributed by atoms with Crippen molar-refractivity contribution in [3.63, 3.8) is 0 Å². The van der Waals surface area contributed by atoms with Gasteiger partial charge in [0.05, 0.1) is 23.4 Å². The van der Waals surface area contributed by atoms with E-state index in [1.165, 1.54) is 0 Å². The predicted molar refractivity (Wildman–Crippen MR) is 83.5 cm³/mol. The predicted octanol–water partition coefficient (Wildman–Crippen LogP) is 2.40. The number of nitrogens with zero attached hydrogens (tertiary/aromatic N) is 2. The number of aryl methyl sites for hydroxylation is 1. The molecule has 0 amide bonds. The van der Waals surface area contributed by atoms with Crippen molar-refractivity contribution in [1.82, 2.24) is 9.78 Å². The molecule has 21 heavy (non-hydrogen) atoms.